The smallest absolute Gasteiger partial charge is 0.310 e. The van der Waals surface area contributed by atoms with Gasteiger partial charge < -0.3 is 4.74 Å². The van der Waals surface area contributed by atoms with E-state index in [0.29, 0.717) is 18.0 Å². The molecule has 2 fully saturated rings. The number of ether oxygens (including phenoxy) is 1. The van der Waals surface area contributed by atoms with Crippen LogP contribution in [0.25, 0.3) is 0 Å². The van der Waals surface area contributed by atoms with Crippen molar-refractivity contribution in [2.75, 3.05) is 14.2 Å². The highest BCUT2D eigenvalue weighted by Crippen LogP contribution is 2.46. The van der Waals surface area contributed by atoms with Crippen molar-refractivity contribution in [1.29, 1.82) is 0 Å². The molecule has 20 heavy (non-hydrogen) atoms. The molecule has 2 bridgehead atoms. The molecular weight excluding hydrogens is 250 g/mol. The summed E-state index contributed by atoms with van der Waals surface area (Å²) in [6.45, 7) is 2.10. The average Bonchev–Trinajstić information content (AvgIpc) is 2.70. The second-order valence-electron chi connectivity index (χ2n) is 6.27. The molecule has 108 valence electrons. The summed E-state index contributed by atoms with van der Waals surface area (Å²) in [5, 5.41) is 0. The van der Waals surface area contributed by atoms with Crippen LogP contribution in [0.2, 0.25) is 0 Å². The zero-order valence-electron chi connectivity index (χ0n) is 12.5. The molecule has 2 saturated heterocycles. The van der Waals surface area contributed by atoms with E-state index in [1.165, 1.54) is 24.7 Å². The molecule has 0 N–H and O–H groups in total. The minimum Gasteiger partial charge on any atom is -0.469 e. The van der Waals surface area contributed by atoms with E-state index in [2.05, 4.69) is 43.1 Å². The second-order valence-corrected chi connectivity index (χ2v) is 6.27. The first-order valence-corrected chi connectivity index (χ1v) is 7.48. The molecule has 1 aromatic carbocycles. The largest absolute Gasteiger partial charge is 0.469 e. The Balaban J connectivity index is 1.95. The zero-order valence-corrected chi connectivity index (χ0v) is 12.5. The van der Waals surface area contributed by atoms with Crippen LogP contribution in [0, 0.1) is 12.8 Å². The monoisotopic (exact) mass is 273 g/mol. The fourth-order valence-corrected chi connectivity index (χ4v) is 4.08. The molecule has 0 amide bonds. The molecule has 0 aliphatic carbocycles. The Hall–Kier alpha value is -1.35. The molecule has 0 spiro atoms. The third-order valence-corrected chi connectivity index (χ3v) is 5.25. The summed E-state index contributed by atoms with van der Waals surface area (Å²) in [7, 11) is 3.67. The topological polar surface area (TPSA) is 29.5 Å². The molecule has 2 aliphatic heterocycles. The molecule has 2 aliphatic rings. The van der Waals surface area contributed by atoms with Gasteiger partial charge in [0, 0.05) is 18.0 Å². The van der Waals surface area contributed by atoms with Gasteiger partial charge in [-0.3, -0.25) is 9.69 Å². The van der Waals surface area contributed by atoms with E-state index in [1.807, 2.05) is 0 Å². The van der Waals surface area contributed by atoms with Crippen LogP contribution in [-0.4, -0.2) is 37.1 Å². The lowest BCUT2D eigenvalue weighted by Gasteiger charge is -2.41. The van der Waals surface area contributed by atoms with Crippen molar-refractivity contribution in [1.82, 2.24) is 4.90 Å². The van der Waals surface area contributed by atoms with Crippen molar-refractivity contribution in [3.8, 4) is 0 Å². The van der Waals surface area contributed by atoms with E-state index in [9.17, 15) is 4.79 Å². The number of carbonyl (C=O) groups excluding carboxylic acids is 1. The Kier molecular flexibility index (Phi) is 3.55. The maximum atomic E-state index is 12.3. The van der Waals surface area contributed by atoms with E-state index in [4.69, 9.17) is 4.74 Å². The number of nitrogens with zero attached hydrogens (tertiary/aromatic N) is 1. The minimum absolute atomic E-state index is 0.0218. The maximum absolute atomic E-state index is 12.3. The van der Waals surface area contributed by atoms with Gasteiger partial charge in [0.15, 0.2) is 0 Å². The van der Waals surface area contributed by atoms with Crippen LogP contribution < -0.4 is 0 Å². The standard InChI is InChI=1S/C17H23NO2/c1-11-4-6-12(7-5-11)14-10-13-8-9-15(18(13)2)16(14)17(19)20-3/h4-7,13-16H,8-10H2,1-3H3/t13-,14-,15+,16-/m0/s1. The molecule has 1 aromatic rings. The van der Waals surface area contributed by atoms with Crippen LogP contribution in [0.3, 0.4) is 0 Å². The highest BCUT2D eigenvalue weighted by Gasteiger charge is 2.49. The summed E-state index contributed by atoms with van der Waals surface area (Å²) in [5.41, 5.74) is 2.55. The number of carbonyl (C=O) groups is 1. The minimum atomic E-state index is -0.0484. The molecule has 0 aromatic heterocycles. The van der Waals surface area contributed by atoms with Gasteiger partial charge in [0.1, 0.15) is 0 Å². The van der Waals surface area contributed by atoms with Crippen molar-refractivity contribution in [2.45, 2.75) is 44.2 Å². The lowest BCUT2D eigenvalue weighted by atomic mass is 9.76. The lowest BCUT2D eigenvalue weighted by molar-refractivity contribution is -0.150. The molecule has 3 rings (SSSR count). The molecular formula is C17H23NO2. The number of hydrogen-bond acceptors (Lipinski definition) is 3. The number of benzene rings is 1. The van der Waals surface area contributed by atoms with Gasteiger partial charge in [-0.1, -0.05) is 29.8 Å². The van der Waals surface area contributed by atoms with Crippen LogP contribution in [-0.2, 0) is 9.53 Å². The van der Waals surface area contributed by atoms with E-state index < -0.39 is 0 Å². The van der Waals surface area contributed by atoms with Gasteiger partial charge in [-0.05, 0) is 38.8 Å². The van der Waals surface area contributed by atoms with Crippen molar-refractivity contribution in [2.24, 2.45) is 5.92 Å². The predicted octanol–water partition coefficient (Wildman–Crippen LogP) is 2.73. The van der Waals surface area contributed by atoms with E-state index in [0.717, 1.165) is 12.8 Å². The summed E-state index contributed by atoms with van der Waals surface area (Å²) >= 11 is 0. The Morgan fingerprint density at radius 2 is 1.95 bits per heavy atom. The summed E-state index contributed by atoms with van der Waals surface area (Å²) in [6.07, 6.45) is 3.39. The van der Waals surface area contributed by atoms with Gasteiger partial charge in [-0.2, -0.15) is 0 Å². The van der Waals surface area contributed by atoms with Crippen LogP contribution in [0.4, 0.5) is 0 Å². The van der Waals surface area contributed by atoms with Gasteiger partial charge in [-0.15, -0.1) is 0 Å². The van der Waals surface area contributed by atoms with Gasteiger partial charge in [0.05, 0.1) is 13.0 Å². The summed E-state index contributed by atoms with van der Waals surface area (Å²) in [4.78, 5) is 14.7. The Bertz CT molecular complexity index is 496. The lowest BCUT2D eigenvalue weighted by Crippen LogP contribution is -2.49. The zero-order chi connectivity index (χ0) is 14.3. The fourth-order valence-electron chi connectivity index (χ4n) is 4.08. The fraction of sp³-hybridized carbons (Fsp3) is 0.588. The van der Waals surface area contributed by atoms with Crippen LogP contribution >= 0.6 is 0 Å². The summed E-state index contributed by atoms with van der Waals surface area (Å²) in [6, 6.07) is 9.61. The molecule has 0 unspecified atom stereocenters. The first-order valence-electron chi connectivity index (χ1n) is 7.48. The van der Waals surface area contributed by atoms with E-state index >= 15 is 0 Å². The van der Waals surface area contributed by atoms with Crippen LogP contribution in [0.5, 0.6) is 0 Å². The molecule has 0 radical (unpaired) electrons. The van der Waals surface area contributed by atoms with Crippen LogP contribution in [0.1, 0.15) is 36.3 Å². The number of esters is 1. The SMILES string of the molecule is COC(=O)[C@@H]1[C@H]2CC[C@@H](C[C@H]1c1ccc(C)cc1)N2C. The van der Waals surface area contributed by atoms with Gasteiger partial charge >= 0.3 is 5.97 Å². The van der Waals surface area contributed by atoms with Gasteiger partial charge in [0.2, 0.25) is 0 Å². The van der Waals surface area contributed by atoms with Crippen molar-refractivity contribution in [3.63, 3.8) is 0 Å². The quantitative estimate of drug-likeness (QED) is 0.776. The van der Waals surface area contributed by atoms with E-state index in [-0.39, 0.29) is 11.9 Å². The van der Waals surface area contributed by atoms with Crippen LogP contribution in [0.15, 0.2) is 24.3 Å². The first-order chi connectivity index (χ1) is 9.61. The number of methoxy groups -OCH3 is 1. The predicted molar refractivity (Wildman–Crippen MR) is 78.6 cm³/mol. The third-order valence-electron chi connectivity index (χ3n) is 5.25. The molecule has 4 atom stereocenters. The number of piperidine rings is 1. The van der Waals surface area contributed by atoms with E-state index in [1.54, 1.807) is 0 Å². The van der Waals surface area contributed by atoms with Gasteiger partial charge in [-0.25, -0.2) is 0 Å². The maximum Gasteiger partial charge on any atom is 0.310 e. The number of fused-ring (bicyclic) bond motifs is 2. The second kappa shape index (κ2) is 5.21. The number of rotatable bonds is 2. The molecule has 3 nitrogen and oxygen atoms in total. The van der Waals surface area contributed by atoms with Gasteiger partial charge in [0.25, 0.3) is 0 Å². The normalized spacial score (nSPS) is 33.1. The molecule has 2 heterocycles. The average molecular weight is 273 g/mol. The highest BCUT2D eigenvalue weighted by atomic mass is 16.5. The Labute approximate surface area is 120 Å². The number of hydrogen-bond donors (Lipinski definition) is 0. The molecule has 3 heteroatoms. The number of aryl methyl sites for hydroxylation is 1. The van der Waals surface area contributed by atoms with Crippen molar-refractivity contribution >= 4 is 5.97 Å². The summed E-state index contributed by atoms with van der Waals surface area (Å²) in [5.74, 6) is 0.232. The Morgan fingerprint density at radius 3 is 2.60 bits per heavy atom. The highest BCUT2D eigenvalue weighted by molar-refractivity contribution is 5.75. The first kappa shape index (κ1) is 13.6. The third kappa shape index (κ3) is 2.14. The van der Waals surface area contributed by atoms with Crippen molar-refractivity contribution < 1.29 is 9.53 Å². The molecule has 0 saturated carbocycles. The summed E-state index contributed by atoms with van der Waals surface area (Å²) < 4.78 is 5.10. The van der Waals surface area contributed by atoms with Crippen molar-refractivity contribution in [3.05, 3.63) is 35.4 Å². The Morgan fingerprint density at radius 1 is 1.25 bits per heavy atom.